The molecule has 13 unspecified atom stereocenters. The van der Waals surface area contributed by atoms with Crippen molar-refractivity contribution in [3.63, 3.8) is 0 Å². The van der Waals surface area contributed by atoms with Crippen molar-refractivity contribution in [1.82, 2.24) is 14.8 Å². The minimum Gasteiger partial charge on any atom is -0.493 e. The predicted octanol–water partition coefficient (Wildman–Crippen LogP) is 14.6. The number of aromatic nitrogens is 1. The summed E-state index contributed by atoms with van der Waals surface area (Å²) in [5, 5.41) is 15.5. The second-order valence-corrected chi connectivity index (χ2v) is 25.5. The van der Waals surface area contributed by atoms with Crippen molar-refractivity contribution < 1.29 is 4.74 Å². The Morgan fingerprint density at radius 3 is 2.57 bits per heavy atom. The van der Waals surface area contributed by atoms with E-state index in [9.17, 15) is 5.26 Å². The normalized spacial score (nSPS) is 39.3. The number of hydrogen-bond acceptors (Lipinski definition) is 4. The smallest absolute Gasteiger partial charge is 0.110 e. The molecule has 13 atom stereocenters. The predicted molar refractivity (Wildman–Crippen MR) is 275 cm³/mol. The van der Waals surface area contributed by atoms with Crippen LogP contribution in [0.1, 0.15) is 197 Å². The maximum Gasteiger partial charge on any atom is 0.110 e. The van der Waals surface area contributed by atoms with Gasteiger partial charge < -0.3 is 19.5 Å². The van der Waals surface area contributed by atoms with Crippen molar-refractivity contribution in [3.8, 4) is 6.07 Å². The summed E-state index contributed by atoms with van der Waals surface area (Å²) in [4.78, 5) is 2.87. The second-order valence-electron chi connectivity index (χ2n) is 25.5. The van der Waals surface area contributed by atoms with Crippen LogP contribution >= 0.6 is 0 Å². The number of rotatable bonds is 7. The fourth-order valence-corrected chi connectivity index (χ4v) is 18.9. The van der Waals surface area contributed by atoms with Crippen molar-refractivity contribution >= 4 is 0 Å². The quantitative estimate of drug-likeness (QED) is 0.277. The van der Waals surface area contributed by atoms with Crippen LogP contribution in [-0.4, -0.2) is 34.2 Å². The molecule has 1 aromatic rings. The number of fused-ring (bicyclic) bond motifs is 11. The molecule has 1 N–H and O–H groups in total. The lowest BCUT2D eigenvalue weighted by molar-refractivity contribution is 0.111. The third kappa shape index (κ3) is 7.06. The fraction of sp³-hybridized carbons (Fsp3) is 0.698. The summed E-state index contributed by atoms with van der Waals surface area (Å²) < 4.78 is 9.95. The molecule has 0 bridgehead atoms. The Labute approximate surface area is 410 Å². The summed E-state index contributed by atoms with van der Waals surface area (Å²) in [6.45, 7) is 11.5. The SMILES string of the molecule is CC1=CC(C#N)C(N2C3=C(CCCC3)C3CCC=CC32)CC1n1c2c(c3c1CCC1OC4=C(C=CCC4)C31)CCC(/C(C)=C(/NCC1CCCCC1)C1CCC3C(C1)C1CC=CCC1C3(C)C)C2. The zero-order valence-corrected chi connectivity index (χ0v) is 42.6. The summed E-state index contributed by atoms with van der Waals surface area (Å²) in [5.74, 6) is 7.69. The summed E-state index contributed by atoms with van der Waals surface area (Å²) in [7, 11) is 0. The Kier molecular flexibility index (Phi) is 11.5. The van der Waals surface area contributed by atoms with Crippen LogP contribution in [0.4, 0.5) is 0 Å². The third-order valence-electron chi connectivity index (χ3n) is 22.1. The number of allylic oxidation sites excluding steroid dienone is 10. The van der Waals surface area contributed by atoms with Gasteiger partial charge in [0.05, 0.1) is 36.0 Å². The monoisotopic (exact) mass is 913 g/mol. The van der Waals surface area contributed by atoms with Gasteiger partial charge in [0.25, 0.3) is 0 Å². The maximum absolute atomic E-state index is 11.1. The molecule has 3 fully saturated rings. The molecule has 12 aliphatic rings. The van der Waals surface area contributed by atoms with E-state index < -0.39 is 0 Å². The first-order chi connectivity index (χ1) is 33.3. The number of nitrogens with one attached hydrogen (secondary N) is 1. The van der Waals surface area contributed by atoms with Crippen molar-refractivity contribution in [2.75, 3.05) is 6.54 Å². The lowest BCUT2D eigenvalue weighted by Gasteiger charge is -2.45. The van der Waals surface area contributed by atoms with E-state index in [0.29, 0.717) is 35.1 Å². The molecule has 5 heteroatoms. The molecule has 3 heterocycles. The molecular weight excluding hydrogens is 829 g/mol. The zero-order valence-electron chi connectivity index (χ0n) is 42.6. The van der Waals surface area contributed by atoms with Crippen LogP contribution in [0.2, 0.25) is 0 Å². The highest BCUT2D eigenvalue weighted by Crippen LogP contribution is 2.64. The Morgan fingerprint density at radius 1 is 0.824 bits per heavy atom. The highest BCUT2D eigenvalue weighted by Gasteiger charge is 2.57. The van der Waals surface area contributed by atoms with Gasteiger partial charge >= 0.3 is 0 Å². The molecule has 0 saturated heterocycles. The highest BCUT2D eigenvalue weighted by atomic mass is 16.5. The van der Waals surface area contributed by atoms with Gasteiger partial charge in [-0.1, -0.05) is 86.8 Å². The minimum absolute atomic E-state index is 0.0814. The number of nitriles is 1. The van der Waals surface area contributed by atoms with Crippen LogP contribution in [0.25, 0.3) is 0 Å². The minimum atomic E-state index is -0.0814. The van der Waals surface area contributed by atoms with E-state index >= 15 is 0 Å². The number of ether oxygens (including phenoxy) is 1. The standard InChI is InChI=1S/C63H84N4O/c1-38-32-43(36-64)56(66-52-23-13-9-19-45(52)46-20-10-14-24-53(46)66)35-55(38)67-54-30-31-59-61(48-21-11-15-25-58(48)68-59)60(54)47-28-26-41(34-57(47)67)39(2)62(65-37-40-16-6-5-7-17-40)42-27-29-51-49(33-42)44-18-8-12-22-50(44)63(51,3)4/h8,11-13,21,23,32,40-45,49-52,55-56,59,61,65H,5-7,9-10,14-20,22,24-31,33-35,37H2,1-4H3/b62-39+. The van der Waals surface area contributed by atoms with Gasteiger partial charge in [-0.25, -0.2) is 0 Å². The second kappa shape index (κ2) is 17.6. The van der Waals surface area contributed by atoms with Gasteiger partial charge in [0, 0.05) is 47.2 Å². The topological polar surface area (TPSA) is 53.2 Å². The van der Waals surface area contributed by atoms with Gasteiger partial charge in [0.15, 0.2) is 0 Å². The summed E-state index contributed by atoms with van der Waals surface area (Å²) in [5.41, 5.74) is 16.8. The van der Waals surface area contributed by atoms with Crippen molar-refractivity contribution in [3.05, 3.63) is 104 Å². The lowest BCUT2D eigenvalue weighted by Crippen LogP contribution is -2.47. The van der Waals surface area contributed by atoms with E-state index in [1.807, 2.05) is 0 Å². The van der Waals surface area contributed by atoms with Gasteiger partial charge in [-0.05, 0) is 206 Å². The Balaban J connectivity index is 0.894. The average molecular weight is 913 g/mol. The molecule has 0 spiro atoms. The number of hydrogen-bond donors (Lipinski definition) is 1. The van der Waals surface area contributed by atoms with Crippen LogP contribution in [0.5, 0.6) is 0 Å². The van der Waals surface area contributed by atoms with Gasteiger partial charge in [0.2, 0.25) is 0 Å². The highest BCUT2D eigenvalue weighted by molar-refractivity contribution is 5.54. The van der Waals surface area contributed by atoms with Crippen LogP contribution in [0, 0.1) is 70.0 Å². The Morgan fingerprint density at radius 2 is 1.69 bits per heavy atom. The summed E-state index contributed by atoms with van der Waals surface area (Å²) in [6.07, 6.45) is 48.1. The molecule has 68 heavy (non-hydrogen) atoms. The van der Waals surface area contributed by atoms with Crippen molar-refractivity contribution in [2.24, 2.45) is 58.7 Å². The lowest BCUT2D eigenvalue weighted by atomic mass is 9.65. The molecule has 362 valence electrons. The molecule has 5 nitrogen and oxygen atoms in total. The van der Waals surface area contributed by atoms with E-state index in [-0.39, 0.29) is 24.1 Å². The molecule has 0 amide bonds. The van der Waals surface area contributed by atoms with Crippen LogP contribution < -0.4 is 5.32 Å². The molecule has 3 saturated carbocycles. The first-order valence-corrected chi connectivity index (χ1v) is 28.9. The molecule has 2 aliphatic heterocycles. The van der Waals surface area contributed by atoms with Crippen LogP contribution in [0.15, 0.2) is 82.0 Å². The number of nitrogens with zero attached hydrogens (tertiary/aromatic N) is 3. The molecule has 0 radical (unpaired) electrons. The van der Waals surface area contributed by atoms with E-state index in [0.717, 1.165) is 68.1 Å². The molecule has 1 aromatic heterocycles. The molecule has 13 rings (SSSR count). The largest absolute Gasteiger partial charge is 0.493 e. The zero-order chi connectivity index (χ0) is 45.8. The van der Waals surface area contributed by atoms with E-state index in [1.165, 1.54) is 139 Å². The average Bonchev–Trinajstić information content (AvgIpc) is 4.09. The van der Waals surface area contributed by atoms with Gasteiger partial charge in [0.1, 0.15) is 11.9 Å². The maximum atomic E-state index is 11.1. The Bertz CT molecular complexity index is 2430. The van der Waals surface area contributed by atoms with E-state index in [2.05, 4.69) is 91.1 Å². The van der Waals surface area contributed by atoms with Crippen LogP contribution in [-0.2, 0) is 24.0 Å². The summed E-state index contributed by atoms with van der Waals surface area (Å²) in [6, 6.07) is 3.83. The molecule has 0 aromatic carbocycles. The molecule has 10 aliphatic carbocycles. The molecular formula is C63H84N4O. The van der Waals surface area contributed by atoms with Gasteiger partial charge in [-0.15, -0.1) is 0 Å². The first-order valence-electron chi connectivity index (χ1n) is 28.9. The fourth-order valence-electron chi connectivity index (χ4n) is 18.9. The van der Waals surface area contributed by atoms with E-state index in [1.54, 1.807) is 45.1 Å². The first kappa shape index (κ1) is 44.3. The van der Waals surface area contributed by atoms with Crippen LogP contribution in [0.3, 0.4) is 0 Å². The van der Waals surface area contributed by atoms with E-state index in [4.69, 9.17) is 4.74 Å². The van der Waals surface area contributed by atoms with Gasteiger partial charge in [-0.3, -0.25) is 0 Å². The van der Waals surface area contributed by atoms with Crippen molar-refractivity contribution in [2.45, 2.75) is 212 Å². The Hall–Kier alpha value is -3.65. The van der Waals surface area contributed by atoms with Gasteiger partial charge in [-0.2, -0.15) is 5.26 Å². The summed E-state index contributed by atoms with van der Waals surface area (Å²) >= 11 is 0. The third-order valence-corrected chi connectivity index (χ3v) is 22.1. The van der Waals surface area contributed by atoms with Crippen molar-refractivity contribution in [1.29, 1.82) is 5.26 Å².